The number of rotatable bonds is 8. The highest BCUT2D eigenvalue weighted by molar-refractivity contribution is 5.94. The molecule has 0 bridgehead atoms. The molecule has 1 amide bonds. The van der Waals surface area contributed by atoms with E-state index in [9.17, 15) is 4.79 Å². The van der Waals surface area contributed by atoms with Crippen LogP contribution in [0.5, 0.6) is 5.75 Å². The quantitative estimate of drug-likeness (QED) is 0.678. The van der Waals surface area contributed by atoms with Crippen LogP contribution in [0.1, 0.15) is 40.2 Å². The number of aryl methyl sites for hydroxylation is 2. The van der Waals surface area contributed by atoms with Crippen molar-refractivity contribution in [3.8, 4) is 5.75 Å². The van der Waals surface area contributed by atoms with Gasteiger partial charge in [-0.05, 0) is 58.0 Å². The van der Waals surface area contributed by atoms with E-state index >= 15 is 0 Å². The number of hydrogen-bond acceptors (Lipinski definition) is 6. The topological polar surface area (TPSA) is 85.6 Å². The molecule has 7 nitrogen and oxygen atoms in total. The lowest BCUT2D eigenvalue weighted by molar-refractivity contribution is 0.0511. The van der Waals surface area contributed by atoms with Gasteiger partial charge < -0.3 is 24.6 Å². The second-order valence-corrected chi connectivity index (χ2v) is 7.48. The van der Waals surface area contributed by atoms with Gasteiger partial charge in [-0.1, -0.05) is 11.2 Å². The summed E-state index contributed by atoms with van der Waals surface area (Å²) in [6, 6.07) is 7.23. The van der Waals surface area contributed by atoms with Crippen molar-refractivity contribution in [1.82, 2.24) is 15.8 Å². The van der Waals surface area contributed by atoms with Gasteiger partial charge in [0.1, 0.15) is 18.1 Å². The number of methoxy groups -OCH3 is 1. The third-order valence-electron chi connectivity index (χ3n) is 5.40. The Labute approximate surface area is 177 Å². The van der Waals surface area contributed by atoms with Crippen molar-refractivity contribution in [2.24, 2.45) is 5.41 Å². The van der Waals surface area contributed by atoms with Gasteiger partial charge in [0.05, 0.1) is 17.9 Å². The standard InChI is InChI=1S/C21H29N3O4.ClH/c1-15-19(16(2)28-24-15)12-27-18-6-4-5-17(11-18)20(25)23-13-21(14-26-3)7-9-22-10-8-21;/h4-6,11,22H,7-10,12-14H2,1-3H3,(H,23,25);1H. The summed E-state index contributed by atoms with van der Waals surface area (Å²) in [7, 11) is 1.71. The van der Waals surface area contributed by atoms with Crippen LogP contribution < -0.4 is 15.4 Å². The summed E-state index contributed by atoms with van der Waals surface area (Å²) < 4.78 is 16.4. The second kappa shape index (κ2) is 10.6. The van der Waals surface area contributed by atoms with Gasteiger partial charge in [-0.3, -0.25) is 4.79 Å². The lowest BCUT2D eigenvalue weighted by atomic mass is 9.79. The molecular formula is C21H30ClN3O4. The number of ether oxygens (including phenoxy) is 2. The fourth-order valence-corrected chi connectivity index (χ4v) is 3.60. The molecule has 0 unspecified atom stereocenters. The molecule has 0 aliphatic carbocycles. The van der Waals surface area contributed by atoms with Crippen LogP contribution in [0.3, 0.4) is 0 Å². The number of nitrogens with zero attached hydrogens (tertiary/aromatic N) is 1. The molecule has 1 fully saturated rings. The Hall–Kier alpha value is -2.09. The molecule has 0 spiro atoms. The minimum absolute atomic E-state index is 0. The molecule has 1 saturated heterocycles. The molecule has 2 N–H and O–H groups in total. The Balaban J connectivity index is 0.00000300. The van der Waals surface area contributed by atoms with Gasteiger partial charge in [0, 0.05) is 24.6 Å². The maximum Gasteiger partial charge on any atom is 0.251 e. The Bertz CT molecular complexity index is 778. The highest BCUT2D eigenvalue weighted by Gasteiger charge is 2.32. The number of benzene rings is 1. The predicted octanol–water partition coefficient (Wildman–Crippen LogP) is 3.04. The number of amides is 1. The largest absolute Gasteiger partial charge is 0.489 e. The molecule has 2 aromatic rings. The first-order valence-corrected chi connectivity index (χ1v) is 9.65. The van der Waals surface area contributed by atoms with Gasteiger partial charge in [0.2, 0.25) is 0 Å². The van der Waals surface area contributed by atoms with Gasteiger partial charge >= 0.3 is 0 Å². The SMILES string of the molecule is COCC1(CNC(=O)c2cccc(OCc3c(C)noc3C)c2)CCNCC1.Cl. The molecule has 0 radical (unpaired) electrons. The highest BCUT2D eigenvalue weighted by Crippen LogP contribution is 2.28. The summed E-state index contributed by atoms with van der Waals surface area (Å²) in [6.45, 7) is 7.25. The van der Waals surface area contributed by atoms with Crippen LogP contribution in [0.4, 0.5) is 0 Å². The van der Waals surface area contributed by atoms with Crippen molar-refractivity contribution in [2.45, 2.75) is 33.3 Å². The van der Waals surface area contributed by atoms with Crippen LogP contribution in [0.2, 0.25) is 0 Å². The average molecular weight is 424 g/mol. The van der Waals surface area contributed by atoms with Crippen molar-refractivity contribution in [3.05, 3.63) is 46.8 Å². The molecular weight excluding hydrogens is 394 g/mol. The number of nitrogens with one attached hydrogen (secondary N) is 2. The molecule has 1 aliphatic rings. The number of piperidine rings is 1. The van der Waals surface area contributed by atoms with Crippen LogP contribution in [0, 0.1) is 19.3 Å². The van der Waals surface area contributed by atoms with E-state index in [0.29, 0.717) is 31.1 Å². The Morgan fingerprint density at radius 3 is 2.72 bits per heavy atom. The van der Waals surface area contributed by atoms with E-state index in [-0.39, 0.29) is 23.7 Å². The lowest BCUT2D eigenvalue weighted by Crippen LogP contribution is -2.47. The first kappa shape index (κ1) is 23.2. The molecule has 0 saturated carbocycles. The van der Waals surface area contributed by atoms with E-state index in [1.54, 1.807) is 19.2 Å². The molecule has 160 valence electrons. The smallest absolute Gasteiger partial charge is 0.251 e. The molecule has 8 heteroatoms. The first-order valence-electron chi connectivity index (χ1n) is 9.65. The lowest BCUT2D eigenvalue weighted by Gasteiger charge is -2.37. The third-order valence-corrected chi connectivity index (χ3v) is 5.40. The first-order chi connectivity index (χ1) is 13.5. The van der Waals surface area contributed by atoms with Gasteiger partial charge in [-0.2, -0.15) is 0 Å². The van der Waals surface area contributed by atoms with Crippen molar-refractivity contribution in [3.63, 3.8) is 0 Å². The van der Waals surface area contributed by atoms with Crippen LogP contribution in [0.25, 0.3) is 0 Å². The molecule has 2 heterocycles. The van der Waals surface area contributed by atoms with E-state index in [4.69, 9.17) is 14.0 Å². The Kier molecular flexibility index (Phi) is 8.49. The maximum absolute atomic E-state index is 12.7. The van der Waals surface area contributed by atoms with Crippen molar-refractivity contribution in [2.75, 3.05) is 33.4 Å². The zero-order valence-corrected chi connectivity index (χ0v) is 18.1. The molecule has 1 aliphatic heterocycles. The van der Waals surface area contributed by atoms with Crippen molar-refractivity contribution in [1.29, 1.82) is 0 Å². The summed E-state index contributed by atoms with van der Waals surface area (Å²) >= 11 is 0. The van der Waals surface area contributed by atoms with Gasteiger partial charge in [-0.15, -0.1) is 12.4 Å². The number of carbonyl (C=O) groups is 1. The van der Waals surface area contributed by atoms with E-state index in [0.717, 1.165) is 42.9 Å². The second-order valence-electron chi connectivity index (χ2n) is 7.48. The molecule has 1 aromatic carbocycles. The normalized spacial score (nSPS) is 15.4. The zero-order chi connectivity index (χ0) is 20.0. The summed E-state index contributed by atoms with van der Waals surface area (Å²) in [4.78, 5) is 12.7. The number of hydrogen-bond donors (Lipinski definition) is 2. The van der Waals surface area contributed by atoms with Crippen molar-refractivity contribution >= 4 is 18.3 Å². The minimum atomic E-state index is -0.100. The summed E-state index contributed by atoms with van der Waals surface area (Å²) in [6.07, 6.45) is 1.98. The van der Waals surface area contributed by atoms with Crippen LogP contribution >= 0.6 is 12.4 Å². The number of halogens is 1. The summed E-state index contributed by atoms with van der Waals surface area (Å²) in [5.41, 5.74) is 2.32. The highest BCUT2D eigenvalue weighted by atomic mass is 35.5. The third kappa shape index (κ3) is 5.95. The van der Waals surface area contributed by atoms with Crippen molar-refractivity contribution < 1.29 is 18.8 Å². The Morgan fingerprint density at radius 1 is 1.31 bits per heavy atom. The molecule has 0 atom stereocenters. The molecule has 1 aromatic heterocycles. The summed E-state index contributed by atoms with van der Waals surface area (Å²) in [5, 5.41) is 10.4. The number of carbonyl (C=O) groups excluding carboxylic acids is 1. The summed E-state index contributed by atoms with van der Waals surface area (Å²) in [5.74, 6) is 1.29. The van der Waals surface area contributed by atoms with Crippen LogP contribution in [-0.4, -0.2) is 44.4 Å². The zero-order valence-electron chi connectivity index (χ0n) is 17.2. The van der Waals surface area contributed by atoms with E-state index in [1.807, 2.05) is 26.0 Å². The van der Waals surface area contributed by atoms with Gasteiger partial charge in [0.15, 0.2) is 0 Å². The minimum Gasteiger partial charge on any atom is -0.489 e. The van der Waals surface area contributed by atoms with Gasteiger partial charge in [-0.25, -0.2) is 0 Å². The van der Waals surface area contributed by atoms with Crippen LogP contribution in [0.15, 0.2) is 28.8 Å². The maximum atomic E-state index is 12.7. The fourth-order valence-electron chi connectivity index (χ4n) is 3.60. The molecule has 3 rings (SSSR count). The van der Waals surface area contributed by atoms with E-state index in [1.165, 1.54) is 0 Å². The van der Waals surface area contributed by atoms with Gasteiger partial charge in [0.25, 0.3) is 5.91 Å². The Morgan fingerprint density at radius 2 is 2.07 bits per heavy atom. The predicted molar refractivity (Wildman–Crippen MR) is 113 cm³/mol. The number of aromatic nitrogens is 1. The monoisotopic (exact) mass is 423 g/mol. The average Bonchev–Trinajstić information content (AvgIpc) is 3.03. The van der Waals surface area contributed by atoms with Crippen LogP contribution in [-0.2, 0) is 11.3 Å². The fraction of sp³-hybridized carbons (Fsp3) is 0.524. The van der Waals surface area contributed by atoms with E-state index < -0.39 is 0 Å². The molecule has 29 heavy (non-hydrogen) atoms. The van der Waals surface area contributed by atoms with E-state index in [2.05, 4.69) is 15.8 Å².